The van der Waals surface area contributed by atoms with Crippen molar-refractivity contribution in [1.82, 2.24) is 0 Å². The molecule has 0 aromatic carbocycles. The third kappa shape index (κ3) is 36.3. The molecule has 0 fully saturated rings. The van der Waals surface area contributed by atoms with Gasteiger partial charge in [0.1, 0.15) is 6.10 Å². The van der Waals surface area contributed by atoms with Gasteiger partial charge in [0.2, 0.25) is 0 Å². The predicted octanol–water partition coefficient (Wildman–Crippen LogP) is -4.09. The minimum Gasteiger partial charge on any atom is -0.790 e. The molecule has 0 spiro atoms. The summed E-state index contributed by atoms with van der Waals surface area (Å²) >= 11 is 0. The molecular weight excluding hydrogens is 373 g/mol. The molecule has 0 rings (SSSR count). The van der Waals surface area contributed by atoms with Gasteiger partial charge in [0, 0.05) is 0 Å². The normalized spacial score (nSPS) is 11.1. The zero-order chi connectivity index (χ0) is 11.8. The molecule has 0 aromatic rings. The molecule has 0 aliphatic rings. The molecule has 16 heavy (non-hydrogen) atoms. The van der Waals surface area contributed by atoms with E-state index in [1.807, 2.05) is 0 Å². The van der Waals surface area contributed by atoms with Crippen LogP contribution in [0.5, 0.6) is 0 Å². The number of aliphatic hydroxyl groups excluding tert-OH is 2. The fourth-order valence-corrected chi connectivity index (χ4v) is 0.585. The van der Waals surface area contributed by atoms with Crippen molar-refractivity contribution in [2.45, 2.75) is 6.10 Å². The Morgan fingerprint density at radius 3 is 1.94 bits per heavy atom. The molecule has 0 saturated carbocycles. The van der Waals surface area contributed by atoms with Crippen molar-refractivity contribution in [1.29, 1.82) is 0 Å². The van der Waals surface area contributed by atoms with Crippen LogP contribution < -0.4 is 14.6 Å². The molecule has 0 saturated heterocycles. The number of rotatable bonds is 4. The second kappa shape index (κ2) is 14.1. The van der Waals surface area contributed by atoms with Crippen molar-refractivity contribution in [3.63, 3.8) is 0 Å². The first kappa shape index (κ1) is 25.8. The molecule has 0 aromatic heterocycles. The maximum absolute atomic E-state index is 9.99. The quantitative estimate of drug-likeness (QED) is 0.284. The Morgan fingerprint density at radius 2 is 1.75 bits per heavy atom. The minimum atomic E-state index is -5.00. The smallest absolute Gasteiger partial charge is 0.790 e. The minimum absolute atomic E-state index is 0. The van der Waals surface area contributed by atoms with E-state index in [4.69, 9.17) is 19.5 Å². The van der Waals surface area contributed by atoms with Crippen molar-refractivity contribution in [2.24, 2.45) is 0 Å². The molecule has 0 heterocycles. The Kier molecular flexibility index (Phi) is 22.7. The van der Waals surface area contributed by atoms with E-state index < -0.39 is 36.4 Å². The van der Waals surface area contributed by atoms with Crippen LogP contribution >= 0.6 is 7.82 Å². The third-order valence-corrected chi connectivity index (χ3v) is 1.10. The Bertz CT molecular complexity index is 209. The number of aliphatic hydroxyl groups is 2. The van der Waals surface area contributed by atoms with Gasteiger partial charge in [-0.05, 0) is 0 Å². The van der Waals surface area contributed by atoms with Crippen LogP contribution in [-0.4, -0.2) is 38.8 Å². The molecule has 8 nitrogen and oxygen atoms in total. The van der Waals surface area contributed by atoms with Gasteiger partial charge in [-0.3, -0.25) is 4.11 Å². The summed E-state index contributed by atoms with van der Waals surface area (Å²) < 4.78 is 31.7. The van der Waals surface area contributed by atoms with E-state index in [2.05, 4.69) is 4.52 Å². The average Bonchev–Trinajstić information content (AvgIpc) is 1.97. The van der Waals surface area contributed by atoms with E-state index in [0.29, 0.717) is 0 Å². The van der Waals surface area contributed by atoms with Gasteiger partial charge in [-0.1, -0.05) is 0 Å². The van der Waals surface area contributed by atoms with Crippen molar-refractivity contribution in [2.75, 3.05) is 13.2 Å². The zero-order valence-electron chi connectivity index (χ0n) is 8.07. The largest absolute Gasteiger partial charge is 2.00 e. The first-order valence-electron chi connectivity index (χ1n) is 3.01. The van der Waals surface area contributed by atoms with Gasteiger partial charge >= 0.3 is 48.2 Å². The molecule has 1 atom stereocenters. The Morgan fingerprint density at radius 1 is 1.44 bits per heavy atom. The van der Waals surface area contributed by atoms with Crippen molar-refractivity contribution < 1.29 is 81.4 Å². The van der Waals surface area contributed by atoms with E-state index in [-0.39, 0.29) is 39.0 Å². The van der Waals surface area contributed by atoms with Crippen LogP contribution in [-0.2, 0) is 52.5 Å². The number of hydrogen-bond donors (Lipinski definition) is 2. The SMILES string of the molecule is O=P([O-])([O-])OCC(O)CO.O=[Si]([O-])F.[Zn+2].[Zn+2]. The van der Waals surface area contributed by atoms with E-state index in [1.54, 1.807) is 0 Å². The van der Waals surface area contributed by atoms with Gasteiger partial charge in [-0.2, -0.15) is 0 Å². The van der Waals surface area contributed by atoms with Crippen LogP contribution in [0.2, 0.25) is 0 Å². The molecule has 86 valence electrons. The first-order chi connectivity index (χ1) is 6.19. The first-order valence-corrected chi connectivity index (χ1v) is 5.66. The van der Waals surface area contributed by atoms with Crippen LogP contribution in [0.1, 0.15) is 0 Å². The molecule has 0 radical (unpaired) electrons. The van der Waals surface area contributed by atoms with E-state index in [1.165, 1.54) is 0 Å². The third-order valence-electron chi connectivity index (χ3n) is 0.636. The topological polar surface area (TPSA) is 153 Å². The van der Waals surface area contributed by atoms with E-state index >= 15 is 0 Å². The van der Waals surface area contributed by atoms with Crippen LogP contribution in [0.25, 0.3) is 0 Å². The summed E-state index contributed by atoms with van der Waals surface area (Å²) in [6.07, 6.45) is -1.32. The number of halogens is 1. The second-order valence-electron chi connectivity index (χ2n) is 1.82. The summed E-state index contributed by atoms with van der Waals surface area (Å²) in [5.74, 6) is 0. The number of phosphoric acid groups is 1. The number of phosphoric ester groups is 1. The Labute approximate surface area is 118 Å². The molecular formula is C3H7FO8PSiZn2+. The summed E-state index contributed by atoms with van der Waals surface area (Å²) in [5, 5.41) is 16.6. The number of hydrogen-bond acceptors (Lipinski definition) is 8. The summed E-state index contributed by atoms with van der Waals surface area (Å²) in [6, 6.07) is 0. The summed E-state index contributed by atoms with van der Waals surface area (Å²) in [5.41, 5.74) is 0. The zero-order valence-corrected chi connectivity index (χ0v) is 15.9. The van der Waals surface area contributed by atoms with Crippen molar-refractivity contribution >= 4 is 17.1 Å². The van der Waals surface area contributed by atoms with E-state index in [0.717, 1.165) is 0 Å². The van der Waals surface area contributed by atoms with Gasteiger partial charge in [0.15, 0.2) is 0 Å². The molecule has 13 heteroatoms. The molecule has 2 N–H and O–H groups in total. The molecule has 0 bridgehead atoms. The predicted molar refractivity (Wildman–Crippen MR) is 34.2 cm³/mol. The Balaban J connectivity index is -0.000000105. The van der Waals surface area contributed by atoms with Gasteiger partial charge < -0.3 is 38.3 Å². The second-order valence-corrected chi connectivity index (χ2v) is 3.44. The standard InChI is InChI=1S/C3H9O6P.FO2Si.2Zn/c4-1-3(5)2-9-10(6,7)8;1-4(2)3;;/h3-5H,1-2H2,(H2,6,7,8);;;/q;-1;2*+2/p-2. The summed E-state index contributed by atoms with van der Waals surface area (Å²) in [6.45, 7) is -1.33. The van der Waals surface area contributed by atoms with Crippen molar-refractivity contribution in [3.05, 3.63) is 0 Å². The fraction of sp³-hybridized carbons (Fsp3) is 1.00. The van der Waals surface area contributed by atoms with Crippen LogP contribution in [0.15, 0.2) is 0 Å². The van der Waals surface area contributed by atoms with E-state index in [9.17, 15) is 18.5 Å². The Hall–Kier alpha value is 1.02. The van der Waals surface area contributed by atoms with Crippen molar-refractivity contribution in [3.8, 4) is 0 Å². The molecule has 0 amide bonds. The van der Waals surface area contributed by atoms with Crippen LogP contribution in [0, 0.1) is 0 Å². The van der Waals surface area contributed by atoms with Gasteiger partial charge in [-0.15, -0.1) is 0 Å². The summed E-state index contributed by atoms with van der Waals surface area (Å²) in [7, 11) is -8.88. The van der Waals surface area contributed by atoms with Gasteiger partial charge in [0.05, 0.1) is 21.0 Å². The average molecular weight is 380 g/mol. The molecule has 1 unspecified atom stereocenters. The van der Waals surface area contributed by atoms with Crippen LogP contribution in [0.4, 0.5) is 4.11 Å². The monoisotopic (exact) mass is 377 g/mol. The van der Waals surface area contributed by atoms with Gasteiger partial charge in [0.25, 0.3) is 0 Å². The maximum atomic E-state index is 9.99. The summed E-state index contributed by atoms with van der Waals surface area (Å²) in [4.78, 5) is 27.8. The molecule has 0 aliphatic carbocycles. The fourth-order valence-electron chi connectivity index (χ4n) is 0.230. The maximum Gasteiger partial charge on any atom is 2.00 e. The van der Waals surface area contributed by atoms with Crippen LogP contribution in [0.3, 0.4) is 0 Å². The van der Waals surface area contributed by atoms with Gasteiger partial charge in [-0.25, -0.2) is 0 Å². The molecule has 0 aliphatic heterocycles.